The summed E-state index contributed by atoms with van der Waals surface area (Å²) in [5.41, 5.74) is 0.431. The number of carbonyl (C=O) groups is 2. The first kappa shape index (κ1) is 18.9. The molecule has 7 nitrogen and oxygen atoms in total. The van der Waals surface area contributed by atoms with Crippen LogP contribution in [0.1, 0.15) is 24.8 Å². The predicted molar refractivity (Wildman–Crippen MR) is 89.9 cm³/mol. The number of amides is 2. The Kier molecular flexibility index (Phi) is 5.64. The zero-order valence-electron chi connectivity index (χ0n) is 14.0. The lowest BCUT2D eigenvalue weighted by molar-refractivity contribution is -0.184. The Morgan fingerprint density at radius 1 is 1.42 bits per heavy atom. The lowest BCUT2D eigenvalue weighted by atomic mass is 10.1. The first-order valence-electron chi connectivity index (χ1n) is 8.40. The third-order valence-electron chi connectivity index (χ3n) is 4.54. The molecule has 3 rings (SSSR count). The van der Waals surface area contributed by atoms with Gasteiger partial charge in [0.1, 0.15) is 5.82 Å². The van der Waals surface area contributed by atoms with Gasteiger partial charge in [0.2, 0.25) is 0 Å². The molecule has 1 aromatic rings. The molecule has 0 radical (unpaired) electrons. The predicted octanol–water partition coefficient (Wildman–Crippen LogP) is 1.81. The van der Waals surface area contributed by atoms with E-state index in [1.807, 2.05) is 0 Å². The topological polar surface area (TPSA) is 88.1 Å². The van der Waals surface area contributed by atoms with E-state index in [0.29, 0.717) is 38.2 Å². The van der Waals surface area contributed by atoms with Crippen LogP contribution in [0.15, 0.2) is 18.2 Å². The molecule has 0 bridgehead atoms. The summed E-state index contributed by atoms with van der Waals surface area (Å²) in [6.45, 7) is 1.38. The molecule has 0 aromatic heterocycles. The van der Waals surface area contributed by atoms with E-state index in [4.69, 9.17) is 21.1 Å². The van der Waals surface area contributed by atoms with Crippen molar-refractivity contribution < 1.29 is 28.6 Å². The highest BCUT2D eigenvalue weighted by Crippen LogP contribution is 2.29. The standard InChI is InChI=1S/C17H20ClFN2O5/c18-12-7-11(8-13(19)9-12)10-20-16(23)26-17(24)3-4-21(15(17)22)14-1-5-25-6-2-14/h7-9,14,24H,1-6,10H2,(H,20,23)/t17-/m0/s1. The smallest absolute Gasteiger partial charge is 0.407 e. The number of halogens is 2. The van der Waals surface area contributed by atoms with Crippen LogP contribution in [0.5, 0.6) is 0 Å². The number of aliphatic hydroxyl groups is 1. The molecule has 0 aliphatic carbocycles. The van der Waals surface area contributed by atoms with Gasteiger partial charge < -0.3 is 24.8 Å². The fourth-order valence-electron chi connectivity index (χ4n) is 3.22. The second-order valence-corrected chi connectivity index (χ2v) is 6.83. The SMILES string of the molecule is O=C(NCc1cc(F)cc(Cl)c1)O[C@@]1(O)CCN(C2CCOCC2)C1=O. The Labute approximate surface area is 155 Å². The molecule has 1 aromatic carbocycles. The second kappa shape index (κ2) is 7.77. The number of rotatable bonds is 4. The van der Waals surface area contributed by atoms with Crippen LogP contribution in [0.25, 0.3) is 0 Å². The van der Waals surface area contributed by atoms with Crippen molar-refractivity contribution in [2.24, 2.45) is 0 Å². The van der Waals surface area contributed by atoms with E-state index in [1.165, 1.54) is 12.1 Å². The minimum atomic E-state index is -2.18. The van der Waals surface area contributed by atoms with Crippen molar-refractivity contribution in [3.63, 3.8) is 0 Å². The van der Waals surface area contributed by atoms with Gasteiger partial charge in [-0.25, -0.2) is 9.18 Å². The highest BCUT2D eigenvalue weighted by Gasteiger charge is 2.51. The number of nitrogens with zero attached hydrogens (tertiary/aromatic N) is 1. The Morgan fingerprint density at radius 2 is 2.15 bits per heavy atom. The molecule has 2 amide bonds. The van der Waals surface area contributed by atoms with Crippen molar-refractivity contribution in [3.05, 3.63) is 34.6 Å². The summed E-state index contributed by atoms with van der Waals surface area (Å²) in [7, 11) is 0. The molecule has 1 atom stereocenters. The Hall–Kier alpha value is -1.90. The molecule has 0 spiro atoms. The van der Waals surface area contributed by atoms with E-state index >= 15 is 0 Å². The maximum Gasteiger partial charge on any atom is 0.410 e. The number of benzene rings is 1. The molecule has 0 unspecified atom stereocenters. The van der Waals surface area contributed by atoms with Gasteiger partial charge in [0.15, 0.2) is 0 Å². The number of alkyl carbamates (subject to hydrolysis) is 1. The lowest BCUT2D eigenvalue weighted by Gasteiger charge is -2.31. The normalized spacial score (nSPS) is 24.0. The van der Waals surface area contributed by atoms with Gasteiger partial charge in [0.25, 0.3) is 11.7 Å². The van der Waals surface area contributed by atoms with Gasteiger partial charge in [-0.1, -0.05) is 11.6 Å². The summed E-state index contributed by atoms with van der Waals surface area (Å²) in [5.74, 6) is -3.32. The lowest BCUT2D eigenvalue weighted by Crippen LogP contribution is -2.49. The van der Waals surface area contributed by atoms with Crippen LogP contribution >= 0.6 is 11.6 Å². The summed E-state index contributed by atoms with van der Waals surface area (Å²) in [6.07, 6.45) is 0.417. The monoisotopic (exact) mass is 386 g/mol. The van der Waals surface area contributed by atoms with Gasteiger partial charge in [-0.2, -0.15) is 0 Å². The van der Waals surface area contributed by atoms with E-state index < -0.39 is 23.6 Å². The maximum atomic E-state index is 13.3. The average molecular weight is 387 g/mol. The molecular weight excluding hydrogens is 367 g/mol. The third kappa shape index (κ3) is 4.25. The average Bonchev–Trinajstić information content (AvgIpc) is 2.88. The molecule has 0 saturated carbocycles. The van der Waals surface area contributed by atoms with Gasteiger partial charge >= 0.3 is 6.09 Å². The van der Waals surface area contributed by atoms with Crippen LogP contribution in [0.4, 0.5) is 9.18 Å². The van der Waals surface area contributed by atoms with Gasteiger partial charge in [0.05, 0.1) is 0 Å². The molecule has 142 valence electrons. The first-order valence-corrected chi connectivity index (χ1v) is 8.78. The van der Waals surface area contributed by atoms with E-state index in [9.17, 15) is 19.1 Å². The fourth-order valence-corrected chi connectivity index (χ4v) is 3.47. The summed E-state index contributed by atoms with van der Waals surface area (Å²) in [4.78, 5) is 26.0. The van der Waals surface area contributed by atoms with Crippen molar-refractivity contribution in [3.8, 4) is 0 Å². The summed E-state index contributed by atoms with van der Waals surface area (Å²) in [5, 5.41) is 13.0. The van der Waals surface area contributed by atoms with E-state index in [2.05, 4.69) is 5.32 Å². The molecule has 2 fully saturated rings. The number of carbonyl (C=O) groups excluding carboxylic acids is 2. The third-order valence-corrected chi connectivity index (χ3v) is 4.76. The number of hydrogen-bond donors (Lipinski definition) is 2. The zero-order valence-corrected chi connectivity index (χ0v) is 14.8. The molecule has 2 heterocycles. The zero-order chi connectivity index (χ0) is 18.7. The van der Waals surface area contributed by atoms with Gasteiger partial charge in [0, 0.05) is 43.8 Å². The van der Waals surface area contributed by atoms with Gasteiger partial charge in [-0.15, -0.1) is 0 Å². The number of hydrogen-bond acceptors (Lipinski definition) is 5. The second-order valence-electron chi connectivity index (χ2n) is 6.40. The first-order chi connectivity index (χ1) is 12.4. The van der Waals surface area contributed by atoms with Crippen molar-refractivity contribution in [1.82, 2.24) is 10.2 Å². The van der Waals surface area contributed by atoms with Crippen molar-refractivity contribution in [2.45, 2.75) is 37.6 Å². The number of likely N-dealkylation sites (tertiary alicyclic amines) is 1. The van der Waals surface area contributed by atoms with Crippen LogP contribution in [0, 0.1) is 5.82 Å². The summed E-state index contributed by atoms with van der Waals surface area (Å²) >= 11 is 5.75. The molecule has 9 heteroatoms. The van der Waals surface area contributed by atoms with Crippen molar-refractivity contribution in [1.29, 1.82) is 0 Å². The van der Waals surface area contributed by atoms with Crippen molar-refractivity contribution in [2.75, 3.05) is 19.8 Å². The van der Waals surface area contributed by atoms with Gasteiger partial charge in [-0.3, -0.25) is 4.79 Å². The molecular formula is C17H20ClFN2O5. The van der Waals surface area contributed by atoms with Crippen molar-refractivity contribution >= 4 is 23.6 Å². The van der Waals surface area contributed by atoms with E-state index in [0.717, 1.165) is 6.07 Å². The number of nitrogens with one attached hydrogen (secondary N) is 1. The molecule has 26 heavy (non-hydrogen) atoms. The highest BCUT2D eigenvalue weighted by atomic mass is 35.5. The fraction of sp³-hybridized carbons (Fsp3) is 0.529. The van der Waals surface area contributed by atoms with E-state index in [-0.39, 0.29) is 24.0 Å². The Balaban J connectivity index is 1.55. The van der Waals surface area contributed by atoms with Crippen LogP contribution < -0.4 is 5.32 Å². The minimum absolute atomic E-state index is 0.00238. The Bertz CT molecular complexity index is 677. The van der Waals surface area contributed by atoms with Crippen LogP contribution in [-0.4, -0.2) is 53.6 Å². The van der Waals surface area contributed by atoms with Crippen LogP contribution in [0.3, 0.4) is 0 Å². The van der Waals surface area contributed by atoms with Crippen LogP contribution in [-0.2, 0) is 20.8 Å². The summed E-state index contributed by atoms with van der Waals surface area (Å²) in [6, 6.07) is 3.84. The number of ether oxygens (including phenoxy) is 2. The summed E-state index contributed by atoms with van der Waals surface area (Å²) < 4.78 is 23.5. The maximum absolute atomic E-state index is 13.3. The van der Waals surface area contributed by atoms with Crippen LogP contribution in [0.2, 0.25) is 5.02 Å². The molecule has 2 saturated heterocycles. The van der Waals surface area contributed by atoms with Gasteiger partial charge in [-0.05, 0) is 36.6 Å². The Morgan fingerprint density at radius 3 is 2.85 bits per heavy atom. The molecule has 2 aliphatic rings. The molecule has 2 aliphatic heterocycles. The molecule has 2 N–H and O–H groups in total. The highest BCUT2D eigenvalue weighted by molar-refractivity contribution is 6.30. The quantitative estimate of drug-likeness (QED) is 0.770. The minimum Gasteiger partial charge on any atom is -0.407 e. The van der Waals surface area contributed by atoms with E-state index in [1.54, 1.807) is 4.90 Å². The largest absolute Gasteiger partial charge is 0.410 e.